The topological polar surface area (TPSA) is 35.5 Å². The fourth-order valence-corrected chi connectivity index (χ4v) is 2.91. The zero-order valence-corrected chi connectivity index (χ0v) is 9.95. The summed E-state index contributed by atoms with van der Waals surface area (Å²) in [5.41, 5.74) is 0. The Balaban J connectivity index is 1.66. The Hall–Kier alpha value is -0.120. The van der Waals surface area contributed by atoms with E-state index >= 15 is 0 Å². The molecule has 1 saturated heterocycles. The molecule has 0 spiro atoms. The lowest BCUT2D eigenvalue weighted by atomic mass is 10.1. The summed E-state index contributed by atoms with van der Waals surface area (Å²) in [6.45, 7) is 4.57. The molecule has 4 unspecified atom stereocenters. The minimum atomic E-state index is -0.0259. The Morgan fingerprint density at radius 3 is 2.67 bits per heavy atom. The van der Waals surface area contributed by atoms with Gasteiger partial charge in [0.15, 0.2) is 0 Å². The average Bonchev–Trinajstić information content (AvgIpc) is 2.72. The standard InChI is InChI=1S/C12H24N2O/c1-9-5-11(8-14(9)2)13-7-10-3-4-12(15)6-10/h9-13,15H,3-8H2,1-2H3. The van der Waals surface area contributed by atoms with Crippen LogP contribution in [0, 0.1) is 5.92 Å². The van der Waals surface area contributed by atoms with Crippen LogP contribution in [0.2, 0.25) is 0 Å². The zero-order valence-electron chi connectivity index (χ0n) is 9.95. The molecule has 0 bridgehead atoms. The molecule has 1 saturated carbocycles. The Bertz CT molecular complexity index is 200. The molecular weight excluding hydrogens is 188 g/mol. The van der Waals surface area contributed by atoms with Gasteiger partial charge in [0, 0.05) is 18.6 Å². The molecule has 3 nitrogen and oxygen atoms in total. The summed E-state index contributed by atoms with van der Waals surface area (Å²) in [5, 5.41) is 13.1. The van der Waals surface area contributed by atoms with Crippen LogP contribution in [-0.2, 0) is 0 Å². The van der Waals surface area contributed by atoms with Gasteiger partial charge >= 0.3 is 0 Å². The molecule has 3 heteroatoms. The van der Waals surface area contributed by atoms with Gasteiger partial charge in [0.25, 0.3) is 0 Å². The van der Waals surface area contributed by atoms with Crippen molar-refractivity contribution >= 4 is 0 Å². The first-order chi connectivity index (χ1) is 7.15. The number of nitrogens with one attached hydrogen (secondary N) is 1. The second kappa shape index (κ2) is 4.81. The van der Waals surface area contributed by atoms with Gasteiger partial charge in [0.1, 0.15) is 0 Å². The summed E-state index contributed by atoms with van der Waals surface area (Å²) in [4.78, 5) is 2.42. The monoisotopic (exact) mass is 212 g/mol. The van der Waals surface area contributed by atoms with Crippen molar-refractivity contribution in [2.45, 2.75) is 50.8 Å². The van der Waals surface area contributed by atoms with Gasteiger partial charge in [0.05, 0.1) is 6.10 Å². The van der Waals surface area contributed by atoms with Gasteiger partial charge in [-0.1, -0.05) is 0 Å². The van der Waals surface area contributed by atoms with Crippen molar-refractivity contribution in [3.05, 3.63) is 0 Å². The van der Waals surface area contributed by atoms with E-state index in [1.165, 1.54) is 19.4 Å². The molecule has 88 valence electrons. The van der Waals surface area contributed by atoms with Crippen molar-refractivity contribution < 1.29 is 5.11 Å². The maximum Gasteiger partial charge on any atom is 0.0543 e. The first kappa shape index (κ1) is 11.4. The van der Waals surface area contributed by atoms with Gasteiger partial charge in [-0.15, -0.1) is 0 Å². The molecule has 2 aliphatic rings. The first-order valence-electron chi connectivity index (χ1n) is 6.27. The third-order valence-electron chi connectivity index (χ3n) is 4.10. The summed E-state index contributed by atoms with van der Waals surface area (Å²) in [5.74, 6) is 0.709. The highest BCUT2D eigenvalue weighted by Crippen LogP contribution is 2.25. The number of hydrogen-bond acceptors (Lipinski definition) is 3. The largest absolute Gasteiger partial charge is 0.393 e. The minimum absolute atomic E-state index is 0.0259. The predicted molar refractivity (Wildman–Crippen MR) is 61.8 cm³/mol. The maximum atomic E-state index is 9.44. The third-order valence-corrected chi connectivity index (χ3v) is 4.10. The highest BCUT2D eigenvalue weighted by molar-refractivity contribution is 4.86. The molecule has 0 radical (unpaired) electrons. The number of nitrogens with zero attached hydrogens (tertiary/aromatic N) is 1. The van der Waals surface area contributed by atoms with Crippen molar-refractivity contribution in [3.63, 3.8) is 0 Å². The lowest BCUT2D eigenvalue weighted by Crippen LogP contribution is -2.34. The van der Waals surface area contributed by atoms with E-state index in [2.05, 4.69) is 24.2 Å². The SMILES string of the molecule is CC1CC(NCC2CCC(O)C2)CN1C. The van der Waals surface area contributed by atoms with E-state index in [1.54, 1.807) is 0 Å². The van der Waals surface area contributed by atoms with E-state index < -0.39 is 0 Å². The molecule has 0 amide bonds. The molecule has 1 aliphatic heterocycles. The van der Waals surface area contributed by atoms with Crippen LogP contribution in [0.15, 0.2) is 0 Å². The number of aliphatic hydroxyl groups excluding tert-OH is 1. The van der Waals surface area contributed by atoms with Gasteiger partial charge in [-0.2, -0.15) is 0 Å². The van der Waals surface area contributed by atoms with Gasteiger partial charge in [0.2, 0.25) is 0 Å². The molecule has 0 aromatic carbocycles. The predicted octanol–water partition coefficient (Wildman–Crippen LogP) is 0.830. The maximum absolute atomic E-state index is 9.44. The van der Waals surface area contributed by atoms with Crippen LogP contribution in [0.1, 0.15) is 32.6 Å². The fourth-order valence-electron chi connectivity index (χ4n) is 2.91. The van der Waals surface area contributed by atoms with Gasteiger partial charge in [-0.05, 0) is 52.1 Å². The van der Waals surface area contributed by atoms with Crippen LogP contribution in [0.5, 0.6) is 0 Å². The molecule has 1 heterocycles. The number of hydrogen-bond donors (Lipinski definition) is 2. The lowest BCUT2D eigenvalue weighted by molar-refractivity contribution is 0.177. The molecule has 2 N–H and O–H groups in total. The quantitative estimate of drug-likeness (QED) is 0.727. The minimum Gasteiger partial charge on any atom is -0.393 e. The van der Waals surface area contributed by atoms with Crippen LogP contribution in [0.4, 0.5) is 0 Å². The second-order valence-electron chi connectivity index (χ2n) is 5.46. The van der Waals surface area contributed by atoms with Gasteiger partial charge in [-0.3, -0.25) is 0 Å². The Morgan fingerprint density at radius 1 is 1.33 bits per heavy atom. The number of likely N-dealkylation sites (N-methyl/N-ethyl adjacent to an activating group) is 1. The highest BCUT2D eigenvalue weighted by Gasteiger charge is 2.28. The average molecular weight is 212 g/mol. The smallest absolute Gasteiger partial charge is 0.0543 e. The van der Waals surface area contributed by atoms with Crippen LogP contribution in [-0.4, -0.2) is 48.3 Å². The van der Waals surface area contributed by atoms with Gasteiger partial charge < -0.3 is 15.3 Å². The summed E-state index contributed by atoms with van der Waals surface area (Å²) in [6, 6.07) is 1.39. The van der Waals surface area contributed by atoms with Crippen molar-refractivity contribution in [3.8, 4) is 0 Å². The number of likely N-dealkylation sites (tertiary alicyclic amines) is 1. The molecule has 0 aromatic rings. The van der Waals surface area contributed by atoms with E-state index in [0.29, 0.717) is 12.0 Å². The Labute approximate surface area is 92.8 Å². The van der Waals surface area contributed by atoms with E-state index in [-0.39, 0.29) is 6.10 Å². The van der Waals surface area contributed by atoms with Crippen LogP contribution in [0.25, 0.3) is 0 Å². The van der Waals surface area contributed by atoms with Crippen molar-refractivity contribution in [2.75, 3.05) is 20.1 Å². The second-order valence-corrected chi connectivity index (χ2v) is 5.46. The summed E-state index contributed by atoms with van der Waals surface area (Å²) in [6.07, 6.45) is 4.46. The number of aliphatic hydroxyl groups is 1. The van der Waals surface area contributed by atoms with Crippen molar-refractivity contribution in [1.82, 2.24) is 10.2 Å². The lowest BCUT2D eigenvalue weighted by Gasteiger charge is -2.16. The molecule has 15 heavy (non-hydrogen) atoms. The molecule has 2 fully saturated rings. The van der Waals surface area contributed by atoms with Crippen LogP contribution in [0.3, 0.4) is 0 Å². The number of rotatable bonds is 3. The van der Waals surface area contributed by atoms with E-state index in [1.807, 2.05) is 0 Å². The normalized spacial score (nSPS) is 42.6. The summed E-state index contributed by atoms with van der Waals surface area (Å²) in [7, 11) is 2.20. The molecule has 1 aliphatic carbocycles. The highest BCUT2D eigenvalue weighted by atomic mass is 16.3. The van der Waals surface area contributed by atoms with E-state index in [9.17, 15) is 5.11 Å². The summed E-state index contributed by atoms with van der Waals surface area (Å²) >= 11 is 0. The Morgan fingerprint density at radius 2 is 2.13 bits per heavy atom. The first-order valence-corrected chi connectivity index (χ1v) is 6.27. The summed E-state index contributed by atoms with van der Waals surface area (Å²) < 4.78 is 0. The Kier molecular flexibility index (Phi) is 3.65. The van der Waals surface area contributed by atoms with Crippen LogP contribution < -0.4 is 5.32 Å². The zero-order chi connectivity index (χ0) is 10.8. The van der Waals surface area contributed by atoms with Crippen molar-refractivity contribution in [1.29, 1.82) is 0 Å². The van der Waals surface area contributed by atoms with E-state index in [0.717, 1.165) is 25.4 Å². The van der Waals surface area contributed by atoms with Gasteiger partial charge in [-0.25, -0.2) is 0 Å². The molecular formula is C12H24N2O. The molecule has 0 aromatic heterocycles. The molecule has 4 atom stereocenters. The third kappa shape index (κ3) is 2.92. The van der Waals surface area contributed by atoms with Crippen LogP contribution >= 0.6 is 0 Å². The molecule has 2 rings (SSSR count). The fraction of sp³-hybridized carbons (Fsp3) is 1.00. The van der Waals surface area contributed by atoms with Crippen molar-refractivity contribution in [2.24, 2.45) is 5.92 Å². The van der Waals surface area contributed by atoms with E-state index in [4.69, 9.17) is 0 Å².